The molecule has 0 amide bonds. The summed E-state index contributed by atoms with van der Waals surface area (Å²) in [5, 5.41) is 3.43. The molecule has 1 aromatic heterocycles. The predicted octanol–water partition coefficient (Wildman–Crippen LogP) is 1.37. The normalized spacial score (nSPS) is 23.3. The number of hydrogen-bond donors (Lipinski definition) is 1. The zero-order valence-corrected chi connectivity index (χ0v) is 8.16. The fourth-order valence-electron chi connectivity index (χ4n) is 2.02. The van der Waals surface area contributed by atoms with Crippen molar-refractivity contribution >= 4 is 0 Å². The third-order valence-corrected chi connectivity index (χ3v) is 2.73. The lowest BCUT2D eigenvalue weighted by atomic mass is 10.1. The highest BCUT2D eigenvalue weighted by Gasteiger charge is 2.16. The van der Waals surface area contributed by atoms with Crippen molar-refractivity contribution in [2.75, 3.05) is 13.1 Å². The molecule has 0 spiro atoms. The minimum Gasteiger partial charge on any atom is -0.331 e. The van der Waals surface area contributed by atoms with E-state index in [9.17, 15) is 0 Å². The van der Waals surface area contributed by atoms with Crippen LogP contribution in [0.1, 0.15) is 31.6 Å². The molecule has 72 valence electrons. The molecule has 2 rings (SSSR count). The van der Waals surface area contributed by atoms with E-state index >= 15 is 0 Å². The highest BCUT2D eigenvalue weighted by molar-refractivity contribution is 4.96. The molecule has 1 saturated heterocycles. The number of nitrogens with one attached hydrogen (secondary N) is 1. The van der Waals surface area contributed by atoms with Crippen molar-refractivity contribution in [2.24, 2.45) is 0 Å². The van der Waals surface area contributed by atoms with Gasteiger partial charge in [0.25, 0.3) is 0 Å². The summed E-state index contributed by atoms with van der Waals surface area (Å²) >= 11 is 0. The van der Waals surface area contributed by atoms with Gasteiger partial charge in [0.05, 0.1) is 0 Å². The van der Waals surface area contributed by atoms with E-state index < -0.39 is 0 Å². The Balaban J connectivity index is 2.13. The van der Waals surface area contributed by atoms with Gasteiger partial charge in [-0.3, -0.25) is 0 Å². The molecule has 0 saturated carbocycles. The van der Waals surface area contributed by atoms with Crippen molar-refractivity contribution < 1.29 is 0 Å². The largest absolute Gasteiger partial charge is 0.331 e. The average molecular weight is 179 g/mol. The maximum absolute atomic E-state index is 4.35. The van der Waals surface area contributed by atoms with Crippen LogP contribution in [0.5, 0.6) is 0 Å². The number of rotatable bonds is 2. The van der Waals surface area contributed by atoms with Gasteiger partial charge in [0.2, 0.25) is 0 Å². The van der Waals surface area contributed by atoms with Crippen molar-refractivity contribution in [2.45, 2.75) is 32.2 Å². The fourth-order valence-corrected chi connectivity index (χ4v) is 2.02. The Hall–Kier alpha value is -0.830. The topological polar surface area (TPSA) is 29.9 Å². The monoisotopic (exact) mass is 179 g/mol. The van der Waals surface area contributed by atoms with Crippen molar-refractivity contribution in [1.29, 1.82) is 0 Å². The molecular formula is C10H17N3. The van der Waals surface area contributed by atoms with E-state index in [0.29, 0.717) is 6.04 Å². The van der Waals surface area contributed by atoms with E-state index in [4.69, 9.17) is 0 Å². The molecule has 3 nitrogen and oxygen atoms in total. The Labute approximate surface area is 79.2 Å². The van der Waals surface area contributed by atoms with Gasteiger partial charge in [-0.25, -0.2) is 4.98 Å². The van der Waals surface area contributed by atoms with E-state index in [1.807, 2.05) is 6.20 Å². The molecule has 0 unspecified atom stereocenters. The highest BCUT2D eigenvalue weighted by atomic mass is 15.1. The number of aryl methyl sites for hydroxylation is 1. The minimum atomic E-state index is 0.631. The van der Waals surface area contributed by atoms with Crippen LogP contribution >= 0.6 is 0 Å². The molecule has 1 fully saturated rings. The number of imidazole rings is 1. The van der Waals surface area contributed by atoms with Crippen LogP contribution in [0.2, 0.25) is 0 Å². The van der Waals surface area contributed by atoms with Gasteiger partial charge >= 0.3 is 0 Å². The number of piperidine rings is 1. The summed E-state index contributed by atoms with van der Waals surface area (Å²) in [4.78, 5) is 4.35. The fraction of sp³-hybridized carbons (Fsp3) is 0.700. The van der Waals surface area contributed by atoms with E-state index in [0.717, 1.165) is 13.0 Å². The summed E-state index contributed by atoms with van der Waals surface area (Å²) in [5.41, 5.74) is 0. The van der Waals surface area contributed by atoms with Gasteiger partial charge in [0, 0.05) is 31.4 Å². The molecular weight excluding hydrogens is 162 g/mol. The van der Waals surface area contributed by atoms with E-state index in [2.05, 4.69) is 28.0 Å². The first-order chi connectivity index (χ1) is 6.42. The molecule has 1 atom stereocenters. The van der Waals surface area contributed by atoms with E-state index in [1.54, 1.807) is 0 Å². The van der Waals surface area contributed by atoms with Crippen molar-refractivity contribution in [1.82, 2.24) is 14.9 Å². The van der Waals surface area contributed by atoms with Gasteiger partial charge in [-0.2, -0.15) is 0 Å². The summed E-state index contributed by atoms with van der Waals surface area (Å²) in [5.74, 6) is 1.22. The molecule has 0 aliphatic carbocycles. The Kier molecular flexibility index (Phi) is 2.64. The molecule has 1 N–H and O–H groups in total. The first-order valence-corrected chi connectivity index (χ1v) is 5.14. The van der Waals surface area contributed by atoms with E-state index in [-0.39, 0.29) is 0 Å². The maximum atomic E-state index is 4.35. The van der Waals surface area contributed by atoms with Gasteiger partial charge in [0.15, 0.2) is 0 Å². The third-order valence-electron chi connectivity index (χ3n) is 2.73. The van der Waals surface area contributed by atoms with Crippen molar-refractivity contribution in [3.05, 3.63) is 18.2 Å². The van der Waals surface area contributed by atoms with E-state index in [1.165, 1.54) is 25.2 Å². The summed E-state index contributed by atoms with van der Waals surface area (Å²) in [7, 11) is 0. The molecule has 3 heteroatoms. The molecule has 1 aliphatic rings. The van der Waals surface area contributed by atoms with Gasteiger partial charge < -0.3 is 9.88 Å². The summed E-state index contributed by atoms with van der Waals surface area (Å²) < 4.78 is 2.33. The van der Waals surface area contributed by atoms with Crippen LogP contribution in [0.25, 0.3) is 0 Å². The number of aromatic nitrogens is 2. The Bertz CT molecular complexity index is 261. The second-order valence-corrected chi connectivity index (χ2v) is 3.60. The highest BCUT2D eigenvalue weighted by Crippen LogP contribution is 2.18. The number of hydrogen-bond acceptors (Lipinski definition) is 2. The lowest BCUT2D eigenvalue weighted by Gasteiger charge is -2.25. The summed E-state index contributed by atoms with van der Waals surface area (Å²) in [6.07, 6.45) is 7.62. The molecule has 0 bridgehead atoms. The van der Waals surface area contributed by atoms with Gasteiger partial charge in [-0.1, -0.05) is 6.92 Å². The SMILES string of the molecule is CCc1nccn1[C@H]1CCCNC1. The first-order valence-electron chi connectivity index (χ1n) is 5.14. The van der Waals surface area contributed by atoms with Crippen molar-refractivity contribution in [3.8, 4) is 0 Å². The summed E-state index contributed by atoms with van der Waals surface area (Å²) in [6, 6.07) is 0.631. The van der Waals surface area contributed by atoms with Gasteiger partial charge in [-0.05, 0) is 19.4 Å². The molecule has 0 radical (unpaired) electrons. The smallest absolute Gasteiger partial charge is 0.108 e. The Morgan fingerprint density at radius 2 is 2.62 bits per heavy atom. The van der Waals surface area contributed by atoms with Crippen LogP contribution in [-0.4, -0.2) is 22.6 Å². The zero-order valence-electron chi connectivity index (χ0n) is 8.16. The minimum absolute atomic E-state index is 0.631. The van der Waals surface area contributed by atoms with Crippen LogP contribution in [-0.2, 0) is 6.42 Å². The quantitative estimate of drug-likeness (QED) is 0.743. The van der Waals surface area contributed by atoms with Crippen LogP contribution in [0.3, 0.4) is 0 Å². The molecule has 13 heavy (non-hydrogen) atoms. The van der Waals surface area contributed by atoms with Crippen LogP contribution < -0.4 is 5.32 Å². The average Bonchev–Trinajstić information content (AvgIpc) is 2.67. The van der Waals surface area contributed by atoms with Crippen LogP contribution in [0.15, 0.2) is 12.4 Å². The van der Waals surface area contributed by atoms with Gasteiger partial charge in [0.1, 0.15) is 5.82 Å². The molecule has 1 aliphatic heterocycles. The van der Waals surface area contributed by atoms with Crippen LogP contribution in [0, 0.1) is 0 Å². The second kappa shape index (κ2) is 3.92. The van der Waals surface area contributed by atoms with Crippen LogP contribution in [0.4, 0.5) is 0 Å². The number of nitrogens with zero attached hydrogens (tertiary/aromatic N) is 2. The van der Waals surface area contributed by atoms with Crippen molar-refractivity contribution in [3.63, 3.8) is 0 Å². The molecule has 2 heterocycles. The predicted molar refractivity (Wildman–Crippen MR) is 52.7 cm³/mol. The Morgan fingerprint density at radius 3 is 3.31 bits per heavy atom. The maximum Gasteiger partial charge on any atom is 0.108 e. The Morgan fingerprint density at radius 1 is 1.69 bits per heavy atom. The first kappa shape index (κ1) is 8.75. The second-order valence-electron chi connectivity index (χ2n) is 3.60. The van der Waals surface area contributed by atoms with Gasteiger partial charge in [-0.15, -0.1) is 0 Å². The third kappa shape index (κ3) is 1.75. The molecule has 1 aromatic rings. The lowest BCUT2D eigenvalue weighted by Crippen LogP contribution is -2.32. The summed E-state index contributed by atoms with van der Waals surface area (Å²) in [6.45, 7) is 4.44. The standard InChI is InChI=1S/C10H17N3/c1-2-10-12-6-7-13(10)9-4-3-5-11-8-9/h6-7,9,11H,2-5,8H2,1H3/t9-/m0/s1. The lowest BCUT2D eigenvalue weighted by molar-refractivity contribution is 0.364. The zero-order chi connectivity index (χ0) is 9.10. The molecule has 0 aromatic carbocycles.